The number of hydrogen-bond acceptors (Lipinski definition) is 7. The van der Waals surface area contributed by atoms with Gasteiger partial charge < -0.3 is 24.1 Å². The van der Waals surface area contributed by atoms with E-state index in [1.165, 1.54) is 0 Å². The summed E-state index contributed by atoms with van der Waals surface area (Å²) in [4.78, 5) is 31.5. The van der Waals surface area contributed by atoms with Gasteiger partial charge in [-0.3, -0.25) is 19.4 Å². The molecule has 2 aliphatic heterocycles. The molecule has 0 aliphatic carbocycles. The third-order valence-corrected chi connectivity index (χ3v) is 6.53. The van der Waals surface area contributed by atoms with E-state index >= 15 is 0 Å². The van der Waals surface area contributed by atoms with Gasteiger partial charge in [-0.25, -0.2) is 0 Å². The molecule has 0 radical (unpaired) electrons. The van der Waals surface area contributed by atoms with Crippen LogP contribution in [0.3, 0.4) is 0 Å². The van der Waals surface area contributed by atoms with E-state index in [-0.39, 0.29) is 18.4 Å². The maximum Gasteiger partial charge on any atom is 0.238 e. The molecule has 0 unspecified atom stereocenters. The lowest BCUT2D eigenvalue weighted by Crippen LogP contribution is -2.53. The van der Waals surface area contributed by atoms with Gasteiger partial charge in [0.25, 0.3) is 0 Å². The Balaban J connectivity index is 1.17. The van der Waals surface area contributed by atoms with Gasteiger partial charge in [0.1, 0.15) is 16.9 Å². The summed E-state index contributed by atoms with van der Waals surface area (Å²) in [7, 11) is 1.59. The molecule has 3 aromatic rings. The van der Waals surface area contributed by atoms with E-state index in [1.54, 1.807) is 7.11 Å². The van der Waals surface area contributed by atoms with Crippen molar-refractivity contribution in [2.75, 3.05) is 78.0 Å². The number of fused-ring (bicyclic) bond motifs is 3. The number of nitrogens with zero attached hydrogens (tertiary/aromatic N) is 3. The van der Waals surface area contributed by atoms with Crippen molar-refractivity contribution in [2.45, 2.75) is 0 Å². The first-order valence-corrected chi connectivity index (χ1v) is 11.7. The topological polar surface area (TPSA) is 87.5 Å². The van der Waals surface area contributed by atoms with Crippen LogP contribution in [0.5, 0.6) is 5.75 Å². The Hall–Kier alpha value is -3.14. The lowest BCUT2D eigenvalue weighted by atomic mass is 10.1. The average Bonchev–Trinajstić information content (AvgIpc) is 3.21. The number of benzene rings is 2. The number of rotatable bonds is 6. The van der Waals surface area contributed by atoms with Crippen molar-refractivity contribution in [3.63, 3.8) is 0 Å². The molecule has 2 aliphatic rings. The number of methoxy groups -OCH3 is 1. The highest BCUT2D eigenvalue weighted by molar-refractivity contribution is 6.07. The van der Waals surface area contributed by atoms with E-state index in [2.05, 4.69) is 15.1 Å². The number of hydrogen-bond donors (Lipinski definition) is 1. The molecule has 3 heterocycles. The minimum absolute atomic E-state index is 0.123. The van der Waals surface area contributed by atoms with E-state index in [0.29, 0.717) is 63.0 Å². The van der Waals surface area contributed by atoms with E-state index in [4.69, 9.17) is 13.9 Å². The van der Waals surface area contributed by atoms with Crippen LogP contribution in [0.15, 0.2) is 40.8 Å². The number of ether oxygens (including phenoxy) is 2. The Morgan fingerprint density at radius 2 is 1.65 bits per heavy atom. The molecular formula is C25H30N4O5. The van der Waals surface area contributed by atoms with Crippen LogP contribution in [0.1, 0.15) is 0 Å². The van der Waals surface area contributed by atoms with Crippen molar-refractivity contribution in [3.8, 4) is 5.75 Å². The van der Waals surface area contributed by atoms with E-state index < -0.39 is 0 Å². The molecule has 9 nitrogen and oxygen atoms in total. The largest absolute Gasteiger partial charge is 0.495 e. The smallest absolute Gasteiger partial charge is 0.238 e. The zero-order chi connectivity index (χ0) is 23.5. The summed E-state index contributed by atoms with van der Waals surface area (Å²) < 4.78 is 16.8. The van der Waals surface area contributed by atoms with Gasteiger partial charge in [-0.15, -0.1) is 0 Å². The van der Waals surface area contributed by atoms with E-state index in [1.807, 2.05) is 41.3 Å². The average molecular weight is 467 g/mol. The summed E-state index contributed by atoms with van der Waals surface area (Å²) in [5.74, 6) is 0.614. The molecule has 2 fully saturated rings. The maximum atomic E-state index is 12.8. The SMILES string of the molecule is COc1cc2c(cc1NC(=O)CN1CCN(C(=O)CN3CCOCC3)CC1)oc1ccccc12. The lowest BCUT2D eigenvalue weighted by molar-refractivity contribution is -0.135. The number of anilines is 1. The molecule has 1 N–H and O–H groups in total. The number of carbonyl (C=O) groups is 2. The third-order valence-electron chi connectivity index (χ3n) is 6.53. The van der Waals surface area contributed by atoms with Gasteiger partial charge in [0.2, 0.25) is 11.8 Å². The summed E-state index contributed by atoms with van der Waals surface area (Å²) in [5, 5.41) is 4.93. The van der Waals surface area contributed by atoms with E-state index in [0.717, 1.165) is 29.4 Å². The summed E-state index contributed by atoms with van der Waals surface area (Å²) >= 11 is 0. The van der Waals surface area contributed by atoms with Gasteiger partial charge in [0.05, 0.1) is 39.1 Å². The molecule has 2 amide bonds. The van der Waals surface area contributed by atoms with Crippen LogP contribution in [0, 0.1) is 0 Å². The fourth-order valence-corrected chi connectivity index (χ4v) is 4.62. The van der Waals surface area contributed by atoms with Gasteiger partial charge in [0, 0.05) is 56.1 Å². The minimum Gasteiger partial charge on any atom is -0.495 e. The predicted molar refractivity (Wildman–Crippen MR) is 129 cm³/mol. The highest BCUT2D eigenvalue weighted by Gasteiger charge is 2.25. The Bertz CT molecular complexity index is 1180. The van der Waals surface area contributed by atoms with Gasteiger partial charge >= 0.3 is 0 Å². The maximum absolute atomic E-state index is 12.8. The standard InChI is InChI=1S/C25H30N4O5/c1-32-23-14-19-18-4-2-3-5-21(18)34-22(19)15-20(23)26-24(30)16-27-6-8-29(9-7-27)25(31)17-28-10-12-33-13-11-28/h2-5,14-15H,6-13,16-17H2,1H3,(H,26,30). The van der Waals surface area contributed by atoms with Crippen LogP contribution < -0.4 is 10.1 Å². The Labute approximate surface area is 198 Å². The summed E-state index contributed by atoms with van der Waals surface area (Å²) in [6.45, 7) is 6.26. The molecular weight excluding hydrogens is 436 g/mol. The molecule has 0 atom stereocenters. The number of amides is 2. The van der Waals surface area contributed by atoms with Crippen molar-refractivity contribution in [2.24, 2.45) is 0 Å². The molecule has 0 saturated carbocycles. The second kappa shape index (κ2) is 10.0. The number of furan rings is 1. The highest BCUT2D eigenvalue weighted by Crippen LogP contribution is 2.36. The zero-order valence-corrected chi connectivity index (χ0v) is 19.4. The van der Waals surface area contributed by atoms with Crippen molar-refractivity contribution >= 4 is 39.4 Å². The summed E-state index contributed by atoms with van der Waals surface area (Å²) in [6, 6.07) is 11.5. The van der Waals surface area contributed by atoms with Crippen molar-refractivity contribution < 1.29 is 23.5 Å². The molecule has 2 aromatic carbocycles. The first kappa shape index (κ1) is 22.6. The molecule has 9 heteroatoms. The second-order valence-corrected chi connectivity index (χ2v) is 8.74. The number of nitrogens with one attached hydrogen (secondary N) is 1. The molecule has 34 heavy (non-hydrogen) atoms. The van der Waals surface area contributed by atoms with Crippen LogP contribution in [0.2, 0.25) is 0 Å². The molecule has 1 aromatic heterocycles. The molecule has 0 bridgehead atoms. The first-order valence-electron chi connectivity index (χ1n) is 11.7. The fourth-order valence-electron chi connectivity index (χ4n) is 4.62. The first-order chi connectivity index (χ1) is 16.6. The van der Waals surface area contributed by atoms with Crippen molar-refractivity contribution in [3.05, 3.63) is 36.4 Å². The summed E-state index contributed by atoms with van der Waals surface area (Å²) in [6.07, 6.45) is 0. The quantitative estimate of drug-likeness (QED) is 0.595. The molecule has 0 spiro atoms. The number of piperazine rings is 1. The number of carbonyl (C=O) groups excluding carboxylic acids is 2. The van der Waals surface area contributed by atoms with Crippen LogP contribution in [0.25, 0.3) is 21.9 Å². The van der Waals surface area contributed by atoms with Gasteiger partial charge in [-0.05, 0) is 12.1 Å². The monoisotopic (exact) mass is 466 g/mol. The summed E-state index contributed by atoms with van der Waals surface area (Å²) in [5.41, 5.74) is 2.08. The molecule has 180 valence electrons. The van der Waals surface area contributed by atoms with Crippen LogP contribution in [0.4, 0.5) is 5.69 Å². The normalized spacial score (nSPS) is 17.9. The highest BCUT2D eigenvalue weighted by atomic mass is 16.5. The molecule has 5 rings (SSSR count). The number of morpholine rings is 1. The fraction of sp³-hybridized carbons (Fsp3) is 0.440. The minimum atomic E-state index is -0.123. The van der Waals surface area contributed by atoms with Crippen molar-refractivity contribution in [1.29, 1.82) is 0 Å². The predicted octanol–water partition coefficient (Wildman–Crippen LogP) is 2.01. The Morgan fingerprint density at radius 3 is 2.41 bits per heavy atom. The van der Waals surface area contributed by atoms with Crippen LogP contribution in [-0.2, 0) is 14.3 Å². The van der Waals surface area contributed by atoms with Gasteiger partial charge in [0.15, 0.2) is 0 Å². The zero-order valence-electron chi connectivity index (χ0n) is 19.4. The molecule has 2 saturated heterocycles. The second-order valence-electron chi connectivity index (χ2n) is 8.74. The van der Waals surface area contributed by atoms with Crippen LogP contribution >= 0.6 is 0 Å². The lowest BCUT2D eigenvalue weighted by Gasteiger charge is -2.36. The number of para-hydroxylation sites is 1. The third kappa shape index (κ3) is 4.86. The van der Waals surface area contributed by atoms with Gasteiger partial charge in [-0.2, -0.15) is 0 Å². The van der Waals surface area contributed by atoms with E-state index in [9.17, 15) is 9.59 Å². The van der Waals surface area contributed by atoms with Crippen LogP contribution in [-0.4, -0.2) is 99.2 Å². The Kier molecular flexibility index (Phi) is 6.66. The van der Waals surface area contributed by atoms with Crippen molar-refractivity contribution in [1.82, 2.24) is 14.7 Å². The van der Waals surface area contributed by atoms with Gasteiger partial charge in [-0.1, -0.05) is 18.2 Å². The Morgan fingerprint density at radius 1 is 0.912 bits per heavy atom.